The van der Waals surface area contributed by atoms with Crippen molar-refractivity contribution in [3.05, 3.63) is 53.6 Å². The van der Waals surface area contributed by atoms with Crippen LogP contribution in [0.2, 0.25) is 0 Å². The molecule has 1 atom stereocenters. The van der Waals surface area contributed by atoms with E-state index in [9.17, 15) is 22.8 Å². The minimum absolute atomic E-state index is 0.0934. The molecule has 0 saturated carbocycles. The molecule has 0 aromatic heterocycles. The first-order valence-corrected chi connectivity index (χ1v) is 10.2. The third-order valence-electron chi connectivity index (χ3n) is 5.84. The van der Waals surface area contributed by atoms with Crippen LogP contribution in [0.25, 0.3) is 11.1 Å². The Morgan fingerprint density at radius 3 is 2.42 bits per heavy atom. The molecule has 0 aliphatic carbocycles. The summed E-state index contributed by atoms with van der Waals surface area (Å²) in [4.78, 5) is 28.3. The van der Waals surface area contributed by atoms with Crippen LogP contribution in [-0.4, -0.2) is 47.4 Å². The number of nitrogens with zero attached hydrogens (tertiary/aromatic N) is 2. The fourth-order valence-electron chi connectivity index (χ4n) is 4.22. The van der Waals surface area contributed by atoms with Crippen molar-refractivity contribution in [2.75, 3.05) is 19.7 Å². The third-order valence-corrected chi connectivity index (χ3v) is 5.84. The Kier molecular flexibility index (Phi) is 5.64. The predicted octanol–water partition coefficient (Wildman–Crippen LogP) is 4.10. The van der Waals surface area contributed by atoms with Crippen LogP contribution in [-0.2, 0) is 22.3 Å². The molecule has 0 unspecified atom stereocenters. The molecule has 2 aliphatic rings. The number of hydrogen-bond donors (Lipinski definition) is 0. The minimum Gasteiger partial charge on any atom is -0.491 e. The van der Waals surface area contributed by atoms with Crippen LogP contribution < -0.4 is 4.74 Å². The maximum Gasteiger partial charge on any atom is 0.416 e. The Bertz CT molecular complexity index is 989. The predicted molar refractivity (Wildman–Crippen MR) is 108 cm³/mol. The van der Waals surface area contributed by atoms with Crippen LogP contribution in [0.15, 0.2) is 42.5 Å². The second-order valence-electron chi connectivity index (χ2n) is 7.88. The number of hydrogen-bond acceptors (Lipinski definition) is 3. The summed E-state index contributed by atoms with van der Waals surface area (Å²) in [6, 6.07) is 9.98. The lowest BCUT2D eigenvalue weighted by molar-refractivity contribution is -0.143. The largest absolute Gasteiger partial charge is 0.491 e. The van der Waals surface area contributed by atoms with Gasteiger partial charge in [0.25, 0.3) is 0 Å². The first-order chi connectivity index (χ1) is 14.7. The topological polar surface area (TPSA) is 49.9 Å². The summed E-state index contributed by atoms with van der Waals surface area (Å²) in [5, 5.41) is 0. The number of halogens is 3. The molecule has 164 valence electrons. The van der Waals surface area contributed by atoms with Gasteiger partial charge in [0.2, 0.25) is 11.8 Å². The summed E-state index contributed by atoms with van der Waals surface area (Å²) in [5.41, 5.74) is 1.49. The quantitative estimate of drug-likeness (QED) is 0.718. The second kappa shape index (κ2) is 8.24. The second-order valence-corrected chi connectivity index (χ2v) is 7.88. The van der Waals surface area contributed by atoms with E-state index in [1.165, 1.54) is 19.1 Å². The maximum atomic E-state index is 13.1. The van der Waals surface area contributed by atoms with Crippen LogP contribution in [0.5, 0.6) is 5.75 Å². The number of carbonyl (C=O) groups excluding carboxylic acids is 2. The zero-order chi connectivity index (χ0) is 22.2. The first-order valence-electron chi connectivity index (χ1n) is 10.2. The van der Waals surface area contributed by atoms with E-state index in [0.717, 1.165) is 29.7 Å². The molecule has 2 aromatic carbocycles. The van der Waals surface area contributed by atoms with Crippen molar-refractivity contribution in [2.45, 2.75) is 38.5 Å². The summed E-state index contributed by atoms with van der Waals surface area (Å²) in [7, 11) is 0. The molecule has 0 spiro atoms. The standard InChI is InChI=1S/C23H23F3N2O3/c1-15(29)28-10-2-3-20(28)22(30)27-11-12-31-21-9-6-17(13-18(21)14-27)16-4-7-19(8-5-16)23(24,25)26/h4-9,13,20H,2-3,10-12,14H2,1H3/t20-/m1/s1. The van der Waals surface area contributed by atoms with Gasteiger partial charge in [-0.15, -0.1) is 0 Å². The van der Waals surface area contributed by atoms with Crippen LogP contribution in [0, 0.1) is 0 Å². The fraction of sp³-hybridized carbons (Fsp3) is 0.391. The van der Waals surface area contributed by atoms with E-state index in [1.54, 1.807) is 21.9 Å². The highest BCUT2D eigenvalue weighted by molar-refractivity contribution is 5.87. The van der Waals surface area contributed by atoms with Crippen LogP contribution >= 0.6 is 0 Å². The lowest BCUT2D eigenvalue weighted by Crippen LogP contribution is -2.47. The summed E-state index contributed by atoms with van der Waals surface area (Å²) < 4.78 is 44.3. The molecule has 2 heterocycles. The molecule has 2 aliphatic heterocycles. The number of carbonyl (C=O) groups is 2. The fourth-order valence-corrected chi connectivity index (χ4v) is 4.22. The molecule has 8 heteroatoms. The summed E-state index contributed by atoms with van der Waals surface area (Å²) in [6.45, 7) is 3.13. The van der Waals surface area contributed by atoms with E-state index >= 15 is 0 Å². The lowest BCUT2D eigenvalue weighted by atomic mass is 10.0. The highest BCUT2D eigenvalue weighted by atomic mass is 19.4. The van der Waals surface area contributed by atoms with Gasteiger partial charge in [-0.05, 0) is 48.2 Å². The number of alkyl halides is 3. The third kappa shape index (κ3) is 4.38. The van der Waals surface area contributed by atoms with Crippen molar-refractivity contribution >= 4 is 11.8 Å². The smallest absolute Gasteiger partial charge is 0.416 e. The molecule has 31 heavy (non-hydrogen) atoms. The number of benzene rings is 2. The Morgan fingerprint density at radius 1 is 1.03 bits per heavy atom. The van der Waals surface area contributed by atoms with Crippen molar-refractivity contribution < 1.29 is 27.5 Å². The van der Waals surface area contributed by atoms with Gasteiger partial charge in [0.05, 0.1) is 12.1 Å². The Hall–Kier alpha value is -3.03. The molecule has 2 aromatic rings. The van der Waals surface area contributed by atoms with Gasteiger partial charge in [0.15, 0.2) is 0 Å². The molecular weight excluding hydrogens is 409 g/mol. The van der Waals surface area contributed by atoms with Crippen LogP contribution in [0.1, 0.15) is 30.9 Å². The highest BCUT2D eigenvalue weighted by Gasteiger charge is 2.36. The molecule has 5 nitrogen and oxygen atoms in total. The maximum absolute atomic E-state index is 13.1. The molecule has 0 N–H and O–H groups in total. The number of ether oxygens (including phenoxy) is 1. The molecular formula is C23H23F3N2O3. The van der Waals surface area contributed by atoms with Crippen molar-refractivity contribution in [2.24, 2.45) is 0 Å². The zero-order valence-corrected chi connectivity index (χ0v) is 17.1. The molecule has 2 amide bonds. The number of rotatable bonds is 2. The van der Waals surface area contributed by atoms with E-state index < -0.39 is 17.8 Å². The number of likely N-dealkylation sites (tertiary alicyclic amines) is 1. The van der Waals surface area contributed by atoms with E-state index in [1.807, 2.05) is 6.07 Å². The monoisotopic (exact) mass is 432 g/mol. The van der Waals surface area contributed by atoms with Gasteiger partial charge in [-0.25, -0.2) is 0 Å². The molecule has 0 radical (unpaired) electrons. The molecule has 0 bridgehead atoms. The summed E-state index contributed by atoms with van der Waals surface area (Å²) in [6.07, 6.45) is -2.93. The highest BCUT2D eigenvalue weighted by Crippen LogP contribution is 2.33. The molecule has 1 saturated heterocycles. The number of fused-ring (bicyclic) bond motifs is 1. The SMILES string of the molecule is CC(=O)N1CCC[C@@H]1C(=O)N1CCOc2ccc(-c3ccc(C(F)(F)F)cc3)cc2C1. The van der Waals surface area contributed by atoms with Crippen molar-refractivity contribution in [1.82, 2.24) is 9.80 Å². The van der Waals surface area contributed by atoms with Gasteiger partial charge in [-0.1, -0.05) is 18.2 Å². The summed E-state index contributed by atoms with van der Waals surface area (Å²) >= 11 is 0. The summed E-state index contributed by atoms with van der Waals surface area (Å²) in [5.74, 6) is 0.455. The van der Waals surface area contributed by atoms with Gasteiger partial charge in [-0.2, -0.15) is 13.2 Å². The average molecular weight is 432 g/mol. The lowest BCUT2D eigenvalue weighted by Gasteiger charge is -2.28. The Morgan fingerprint density at radius 2 is 1.74 bits per heavy atom. The zero-order valence-electron chi connectivity index (χ0n) is 17.1. The molecule has 4 rings (SSSR count). The van der Waals surface area contributed by atoms with Crippen LogP contribution in [0.3, 0.4) is 0 Å². The van der Waals surface area contributed by atoms with E-state index in [2.05, 4.69) is 0 Å². The number of amides is 2. The van der Waals surface area contributed by atoms with Gasteiger partial charge in [0.1, 0.15) is 18.4 Å². The average Bonchev–Trinajstić information content (AvgIpc) is 3.13. The minimum atomic E-state index is -4.38. The van der Waals surface area contributed by atoms with Gasteiger partial charge < -0.3 is 14.5 Å². The van der Waals surface area contributed by atoms with E-state index in [0.29, 0.717) is 44.0 Å². The van der Waals surface area contributed by atoms with Crippen molar-refractivity contribution in [3.8, 4) is 16.9 Å². The normalized spacial score (nSPS) is 18.9. The van der Waals surface area contributed by atoms with Gasteiger partial charge >= 0.3 is 6.18 Å². The van der Waals surface area contributed by atoms with Gasteiger partial charge in [-0.3, -0.25) is 9.59 Å². The van der Waals surface area contributed by atoms with Crippen molar-refractivity contribution in [1.29, 1.82) is 0 Å². The van der Waals surface area contributed by atoms with E-state index in [4.69, 9.17) is 4.74 Å². The van der Waals surface area contributed by atoms with Crippen LogP contribution in [0.4, 0.5) is 13.2 Å². The Labute approximate surface area is 178 Å². The Balaban J connectivity index is 1.57. The first kappa shape index (κ1) is 21.2. The van der Waals surface area contributed by atoms with Crippen molar-refractivity contribution in [3.63, 3.8) is 0 Å². The molecule has 1 fully saturated rings. The van der Waals surface area contributed by atoms with E-state index in [-0.39, 0.29) is 11.8 Å². The van der Waals surface area contributed by atoms with Gasteiger partial charge in [0, 0.05) is 25.6 Å².